The molecule has 0 unspecified atom stereocenters. The fourth-order valence-corrected chi connectivity index (χ4v) is 6.42. The first-order valence-corrected chi connectivity index (χ1v) is 12.9. The molecule has 1 saturated carbocycles. The van der Waals surface area contributed by atoms with Crippen LogP contribution in [0.1, 0.15) is 29.2 Å². The molecular formula is C25H25N7O2S. The largest absolute Gasteiger partial charge is 0.369 e. The van der Waals surface area contributed by atoms with Gasteiger partial charge in [-0.25, -0.2) is 0 Å². The summed E-state index contributed by atoms with van der Waals surface area (Å²) in [7, 11) is 1.79. The van der Waals surface area contributed by atoms with Crippen molar-refractivity contribution in [3.05, 3.63) is 58.1 Å². The van der Waals surface area contributed by atoms with Gasteiger partial charge >= 0.3 is 4.87 Å². The molecule has 0 N–H and O–H groups in total. The Bertz CT molecular complexity index is 1500. The van der Waals surface area contributed by atoms with Gasteiger partial charge in [-0.15, -0.1) is 0 Å². The van der Waals surface area contributed by atoms with Gasteiger partial charge in [0, 0.05) is 56.8 Å². The summed E-state index contributed by atoms with van der Waals surface area (Å²) in [4.78, 5) is 29.4. The minimum absolute atomic E-state index is 0.0323. The molecule has 1 amide bonds. The molecule has 2 aliphatic heterocycles. The van der Waals surface area contributed by atoms with Crippen LogP contribution in [0.3, 0.4) is 0 Å². The maximum absolute atomic E-state index is 13.0. The minimum Gasteiger partial charge on any atom is -0.369 e. The maximum Gasteiger partial charge on any atom is 0.307 e. The second-order valence-electron chi connectivity index (χ2n) is 9.98. The molecule has 2 atom stereocenters. The fourth-order valence-electron chi connectivity index (χ4n) is 5.50. The third-order valence-corrected chi connectivity index (χ3v) is 8.63. The first-order chi connectivity index (χ1) is 17.0. The monoisotopic (exact) mass is 487 g/mol. The van der Waals surface area contributed by atoms with Gasteiger partial charge in [0.25, 0.3) is 5.91 Å². The van der Waals surface area contributed by atoms with Crippen LogP contribution in [-0.2, 0) is 7.05 Å². The number of anilines is 1. The van der Waals surface area contributed by atoms with Crippen LogP contribution in [0, 0.1) is 11.8 Å². The number of carbonyl (C=O) groups excluding carboxylic acids is 1. The number of hydrogen-bond acceptors (Lipinski definition) is 7. The van der Waals surface area contributed by atoms with E-state index in [0.717, 1.165) is 66.2 Å². The van der Waals surface area contributed by atoms with Crippen LogP contribution in [-0.4, -0.2) is 61.5 Å². The second-order valence-corrected chi connectivity index (χ2v) is 11.0. The molecule has 4 aromatic rings. The van der Waals surface area contributed by atoms with Gasteiger partial charge in [-0.2, -0.15) is 15.3 Å². The number of nitrogens with zero attached hydrogens (tertiary/aromatic N) is 7. The molecular weight excluding hydrogens is 462 g/mol. The topological polar surface area (TPSA) is 89.2 Å². The number of aromatic nitrogens is 5. The average Bonchev–Trinajstić information content (AvgIpc) is 3.18. The van der Waals surface area contributed by atoms with E-state index in [1.54, 1.807) is 17.8 Å². The zero-order valence-electron chi connectivity index (χ0n) is 19.4. The predicted molar refractivity (Wildman–Crippen MR) is 134 cm³/mol. The Kier molecular flexibility index (Phi) is 4.60. The number of benzene rings is 1. The molecule has 9 nitrogen and oxygen atoms in total. The third kappa shape index (κ3) is 3.54. The molecule has 35 heavy (non-hydrogen) atoms. The summed E-state index contributed by atoms with van der Waals surface area (Å²) in [5.74, 6) is 1.00. The molecule has 1 aliphatic carbocycles. The molecule has 3 aromatic heterocycles. The maximum atomic E-state index is 13.0. The molecule has 7 rings (SSSR count). The lowest BCUT2D eigenvalue weighted by Crippen LogP contribution is -2.33. The summed E-state index contributed by atoms with van der Waals surface area (Å²) in [5.41, 5.74) is 4.44. The van der Waals surface area contributed by atoms with Gasteiger partial charge in [0.05, 0.1) is 45.6 Å². The number of likely N-dealkylation sites (tertiary alicyclic amines) is 1. The smallest absolute Gasteiger partial charge is 0.307 e. The van der Waals surface area contributed by atoms with Crippen LogP contribution in [0.2, 0.25) is 0 Å². The Morgan fingerprint density at radius 2 is 1.86 bits per heavy atom. The fraction of sp³-hybridized carbons (Fsp3) is 0.400. The number of fused-ring (bicyclic) bond motifs is 2. The van der Waals surface area contributed by atoms with Crippen LogP contribution in [0.5, 0.6) is 0 Å². The Morgan fingerprint density at radius 3 is 2.63 bits per heavy atom. The highest BCUT2D eigenvalue weighted by Gasteiger charge is 2.42. The van der Waals surface area contributed by atoms with E-state index in [4.69, 9.17) is 0 Å². The van der Waals surface area contributed by atoms with Crippen molar-refractivity contribution in [2.75, 3.05) is 31.1 Å². The number of thiazole rings is 1. The summed E-state index contributed by atoms with van der Waals surface area (Å²) in [6.45, 7) is 3.37. The quantitative estimate of drug-likeness (QED) is 0.440. The molecule has 10 heteroatoms. The van der Waals surface area contributed by atoms with Gasteiger partial charge in [-0.1, -0.05) is 17.4 Å². The molecule has 0 spiro atoms. The van der Waals surface area contributed by atoms with Crippen LogP contribution in [0.25, 0.3) is 21.5 Å². The number of carbonyl (C=O) groups is 1. The highest BCUT2D eigenvalue weighted by Crippen LogP contribution is 2.36. The first-order valence-electron chi connectivity index (χ1n) is 12.0. The Hall–Kier alpha value is -3.53. The molecule has 5 heterocycles. The SMILES string of the molecule is Cn1c(=O)sc2cc(-c3cc(N4C[C@@H]5CN(C(=O)c6cnn(C7CC7)c6)C[C@H]5C4)cnn3)ccc21. The van der Waals surface area contributed by atoms with Crippen molar-refractivity contribution in [3.8, 4) is 11.3 Å². The first kappa shape index (κ1) is 20.8. The third-order valence-electron chi connectivity index (χ3n) is 7.64. The van der Waals surface area contributed by atoms with Gasteiger partial charge in [0.1, 0.15) is 0 Å². The summed E-state index contributed by atoms with van der Waals surface area (Å²) in [5, 5.41) is 13.0. The van der Waals surface area contributed by atoms with Crippen LogP contribution in [0.4, 0.5) is 5.69 Å². The minimum atomic E-state index is 0.0323. The molecule has 0 bridgehead atoms. The van der Waals surface area contributed by atoms with Gasteiger partial charge in [-0.05, 0) is 31.0 Å². The van der Waals surface area contributed by atoms with E-state index in [0.29, 0.717) is 23.4 Å². The van der Waals surface area contributed by atoms with Gasteiger partial charge in [-0.3, -0.25) is 14.3 Å². The molecule has 3 aliphatic rings. The number of amides is 1. The zero-order chi connectivity index (χ0) is 23.7. The van der Waals surface area contributed by atoms with E-state index in [1.807, 2.05) is 40.2 Å². The van der Waals surface area contributed by atoms with E-state index in [-0.39, 0.29) is 10.8 Å². The van der Waals surface area contributed by atoms with Crippen molar-refractivity contribution in [1.29, 1.82) is 0 Å². The normalized spacial score (nSPS) is 21.7. The van der Waals surface area contributed by atoms with Crippen molar-refractivity contribution in [2.45, 2.75) is 18.9 Å². The highest BCUT2D eigenvalue weighted by atomic mass is 32.1. The van der Waals surface area contributed by atoms with Gasteiger partial charge in [0.15, 0.2) is 0 Å². The predicted octanol–water partition coefficient (Wildman–Crippen LogP) is 2.80. The van der Waals surface area contributed by atoms with Crippen molar-refractivity contribution < 1.29 is 4.79 Å². The lowest BCUT2D eigenvalue weighted by atomic mass is 10.0. The van der Waals surface area contributed by atoms with E-state index in [1.165, 1.54) is 11.3 Å². The lowest BCUT2D eigenvalue weighted by Gasteiger charge is -2.23. The summed E-state index contributed by atoms with van der Waals surface area (Å²) < 4.78 is 4.56. The average molecular weight is 488 g/mol. The molecule has 2 saturated heterocycles. The number of rotatable bonds is 4. The zero-order valence-corrected chi connectivity index (χ0v) is 20.2. The van der Waals surface area contributed by atoms with E-state index in [2.05, 4.69) is 26.3 Å². The Labute approximate surface area is 205 Å². The van der Waals surface area contributed by atoms with E-state index < -0.39 is 0 Å². The van der Waals surface area contributed by atoms with Crippen molar-refractivity contribution in [3.63, 3.8) is 0 Å². The Balaban J connectivity index is 1.06. The van der Waals surface area contributed by atoms with Gasteiger partial charge < -0.3 is 14.4 Å². The van der Waals surface area contributed by atoms with Gasteiger partial charge in [0.2, 0.25) is 0 Å². The number of hydrogen-bond donors (Lipinski definition) is 0. The highest BCUT2D eigenvalue weighted by molar-refractivity contribution is 7.16. The van der Waals surface area contributed by atoms with Crippen LogP contribution in [0.15, 0.2) is 47.7 Å². The van der Waals surface area contributed by atoms with Crippen molar-refractivity contribution in [2.24, 2.45) is 18.9 Å². The van der Waals surface area contributed by atoms with Crippen LogP contribution >= 0.6 is 11.3 Å². The summed E-state index contributed by atoms with van der Waals surface area (Å²) >= 11 is 1.25. The number of aryl methyl sites for hydroxylation is 1. The second kappa shape index (κ2) is 7.74. The standard InChI is InChI=1S/C25H25N7O2S/c1-29-22-5-2-15(6-23(22)35-25(29)34)21-7-20(9-26-28-21)30-10-17-12-31(13-18(17)11-30)24(33)16-8-27-32(14-16)19-3-4-19/h2,5-9,14,17-19H,3-4,10-13H2,1H3/t17-,18-/m1/s1. The molecule has 3 fully saturated rings. The Morgan fingerprint density at radius 1 is 1.06 bits per heavy atom. The lowest BCUT2D eigenvalue weighted by molar-refractivity contribution is 0.0782. The van der Waals surface area contributed by atoms with Crippen molar-refractivity contribution in [1.82, 2.24) is 29.4 Å². The van der Waals surface area contributed by atoms with E-state index in [9.17, 15) is 9.59 Å². The summed E-state index contributed by atoms with van der Waals surface area (Å²) in [6.07, 6.45) is 7.77. The summed E-state index contributed by atoms with van der Waals surface area (Å²) in [6, 6.07) is 8.55. The van der Waals surface area contributed by atoms with E-state index >= 15 is 0 Å². The van der Waals surface area contributed by atoms with Crippen molar-refractivity contribution >= 4 is 33.1 Å². The molecule has 0 radical (unpaired) electrons. The van der Waals surface area contributed by atoms with Crippen LogP contribution < -0.4 is 9.77 Å². The molecule has 1 aromatic carbocycles. The molecule has 178 valence electrons.